The second-order valence-corrected chi connectivity index (χ2v) is 6.00. The first kappa shape index (κ1) is 11.9. The molecule has 0 amide bonds. The lowest BCUT2D eigenvalue weighted by Gasteiger charge is -2.31. The van der Waals surface area contributed by atoms with Crippen LogP contribution >= 0.6 is 22.6 Å². The third kappa shape index (κ3) is 2.38. The molecular formula is C14H16IN. The van der Waals surface area contributed by atoms with E-state index in [-0.39, 0.29) is 3.55 Å². The zero-order valence-electron chi connectivity index (χ0n) is 9.60. The van der Waals surface area contributed by atoms with Crippen molar-refractivity contribution in [3.8, 4) is 0 Å². The lowest BCUT2D eigenvalue weighted by atomic mass is 9.93. The van der Waals surface area contributed by atoms with Crippen LogP contribution < -0.4 is 0 Å². The molecule has 0 unspecified atom stereocenters. The topological polar surface area (TPSA) is 3.24 Å². The van der Waals surface area contributed by atoms with Crippen molar-refractivity contribution < 1.29 is 0 Å². The van der Waals surface area contributed by atoms with Crippen LogP contribution in [0.4, 0.5) is 0 Å². The van der Waals surface area contributed by atoms with E-state index in [1.807, 2.05) is 0 Å². The van der Waals surface area contributed by atoms with Crippen molar-refractivity contribution in [3.63, 3.8) is 0 Å². The highest BCUT2D eigenvalue weighted by atomic mass is 127. The van der Waals surface area contributed by atoms with Gasteiger partial charge < -0.3 is 0 Å². The number of rotatable bonds is 2. The molecule has 84 valence electrons. The maximum absolute atomic E-state index is 2.46. The number of likely N-dealkylation sites (N-methyl/N-ethyl adjacent to an activating group) is 1. The SMILES string of the molecule is CN(C)C1(I)C=CC(c2ccccc2)C=C1. The van der Waals surface area contributed by atoms with Crippen molar-refractivity contribution in [2.75, 3.05) is 14.1 Å². The van der Waals surface area contributed by atoms with Gasteiger partial charge in [0.25, 0.3) is 0 Å². The van der Waals surface area contributed by atoms with Gasteiger partial charge in [-0.1, -0.05) is 77.2 Å². The number of alkyl halides is 1. The molecule has 1 nitrogen and oxygen atoms in total. The molecule has 0 radical (unpaired) electrons. The van der Waals surface area contributed by atoms with Crippen LogP contribution in [0.1, 0.15) is 11.5 Å². The number of benzene rings is 1. The largest absolute Gasteiger partial charge is 0.289 e. The van der Waals surface area contributed by atoms with Gasteiger partial charge in [0.05, 0.1) is 0 Å². The summed E-state index contributed by atoms with van der Waals surface area (Å²) in [6.45, 7) is 0. The Bertz CT molecular complexity index is 392. The Kier molecular flexibility index (Phi) is 3.50. The second kappa shape index (κ2) is 4.72. The normalized spacial score (nSPS) is 28.6. The fourth-order valence-corrected chi connectivity index (χ4v) is 2.21. The summed E-state index contributed by atoms with van der Waals surface area (Å²) >= 11 is 2.46. The molecule has 0 bridgehead atoms. The van der Waals surface area contributed by atoms with Gasteiger partial charge in [-0.2, -0.15) is 0 Å². The third-order valence-corrected chi connectivity index (χ3v) is 4.63. The van der Waals surface area contributed by atoms with Gasteiger partial charge in [-0.05, 0) is 19.7 Å². The summed E-state index contributed by atoms with van der Waals surface area (Å²) < 4.78 is 0.0308. The molecule has 2 rings (SSSR count). The minimum Gasteiger partial charge on any atom is -0.289 e. The minimum atomic E-state index is 0.0308. The van der Waals surface area contributed by atoms with Gasteiger partial charge in [0, 0.05) is 5.92 Å². The first-order valence-electron chi connectivity index (χ1n) is 5.42. The molecular weight excluding hydrogens is 309 g/mol. The fourth-order valence-electron chi connectivity index (χ4n) is 1.79. The van der Waals surface area contributed by atoms with Crippen LogP contribution in [0.5, 0.6) is 0 Å². The number of hydrogen-bond donors (Lipinski definition) is 0. The first-order valence-corrected chi connectivity index (χ1v) is 6.50. The molecule has 0 saturated carbocycles. The van der Waals surface area contributed by atoms with E-state index in [0.717, 1.165) is 0 Å². The van der Waals surface area contributed by atoms with E-state index in [4.69, 9.17) is 0 Å². The van der Waals surface area contributed by atoms with E-state index in [1.54, 1.807) is 0 Å². The maximum atomic E-state index is 2.46. The average Bonchev–Trinajstić information content (AvgIpc) is 2.31. The average molecular weight is 325 g/mol. The van der Waals surface area contributed by atoms with Crippen molar-refractivity contribution in [2.24, 2.45) is 0 Å². The third-order valence-electron chi connectivity index (χ3n) is 2.94. The van der Waals surface area contributed by atoms with Crippen LogP contribution in [0.3, 0.4) is 0 Å². The maximum Gasteiger partial charge on any atom is 0.110 e. The molecule has 0 fully saturated rings. The monoisotopic (exact) mass is 325 g/mol. The van der Waals surface area contributed by atoms with Crippen LogP contribution in [0.2, 0.25) is 0 Å². The fraction of sp³-hybridized carbons (Fsp3) is 0.286. The van der Waals surface area contributed by atoms with Gasteiger partial charge in [-0.25, -0.2) is 0 Å². The van der Waals surface area contributed by atoms with E-state index in [9.17, 15) is 0 Å². The van der Waals surface area contributed by atoms with Crippen molar-refractivity contribution in [1.29, 1.82) is 0 Å². The Balaban J connectivity index is 2.19. The zero-order valence-corrected chi connectivity index (χ0v) is 11.8. The quantitative estimate of drug-likeness (QED) is 0.348. The molecule has 16 heavy (non-hydrogen) atoms. The predicted octanol–water partition coefficient (Wildman–Crippen LogP) is 3.59. The summed E-state index contributed by atoms with van der Waals surface area (Å²) in [5.41, 5.74) is 1.35. The number of hydrogen-bond acceptors (Lipinski definition) is 1. The molecule has 2 heteroatoms. The summed E-state index contributed by atoms with van der Waals surface area (Å²) in [6, 6.07) is 10.6. The van der Waals surface area contributed by atoms with Crippen LogP contribution in [-0.4, -0.2) is 22.5 Å². The number of allylic oxidation sites excluding steroid dienone is 2. The smallest absolute Gasteiger partial charge is 0.110 e. The van der Waals surface area contributed by atoms with Crippen molar-refractivity contribution in [1.82, 2.24) is 4.90 Å². The molecule has 1 aromatic carbocycles. The Morgan fingerprint density at radius 3 is 2.12 bits per heavy atom. The summed E-state index contributed by atoms with van der Waals surface area (Å²) in [4.78, 5) is 2.21. The molecule has 1 aliphatic rings. The van der Waals surface area contributed by atoms with E-state index in [0.29, 0.717) is 5.92 Å². The molecule has 0 saturated heterocycles. The minimum absolute atomic E-state index is 0.0308. The zero-order chi connectivity index (χ0) is 11.6. The van der Waals surface area contributed by atoms with Gasteiger partial charge in [0.2, 0.25) is 0 Å². The molecule has 1 aromatic rings. The molecule has 0 N–H and O–H groups in total. The van der Waals surface area contributed by atoms with E-state index >= 15 is 0 Å². The molecule has 1 aliphatic carbocycles. The Morgan fingerprint density at radius 1 is 1.06 bits per heavy atom. The summed E-state index contributed by atoms with van der Waals surface area (Å²) in [5.74, 6) is 0.420. The van der Waals surface area contributed by atoms with Crippen LogP contribution in [-0.2, 0) is 0 Å². The van der Waals surface area contributed by atoms with E-state index in [1.165, 1.54) is 5.56 Å². The second-order valence-electron chi connectivity index (χ2n) is 4.28. The lowest BCUT2D eigenvalue weighted by Crippen LogP contribution is -2.35. The van der Waals surface area contributed by atoms with Crippen LogP contribution in [0.15, 0.2) is 54.6 Å². The Hall–Kier alpha value is -0.610. The highest BCUT2D eigenvalue weighted by Gasteiger charge is 2.25. The van der Waals surface area contributed by atoms with E-state index < -0.39 is 0 Å². The first-order chi connectivity index (χ1) is 7.62. The van der Waals surface area contributed by atoms with E-state index in [2.05, 4.69) is 96.2 Å². The highest BCUT2D eigenvalue weighted by molar-refractivity contribution is 14.1. The van der Waals surface area contributed by atoms with Gasteiger partial charge in [-0.3, -0.25) is 4.90 Å². The summed E-state index contributed by atoms with van der Waals surface area (Å²) in [6.07, 6.45) is 9.10. The molecule has 0 aromatic heterocycles. The van der Waals surface area contributed by atoms with Gasteiger partial charge in [0.1, 0.15) is 3.55 Å². The number of halogens is 1. The van der Waals surface area contributed by atoms with Crippen molar-refractivity contribution in [3.05, 3.63) is 60.2 Å². The number of nitrogens with zero attached hydrogens (tertiary/aromatic N) is 1. The van der Waals surface area contributed by atoms with Crippen molar-refractivity contribution in [2.45, 2.75) is 9.46 Å². The molecule has 0 heterocycles. The summed E-state index contributed by atoms with van der Waals surface area (Å²) in [5, 5.41) is 0. The van der Waals surface area contributed by atoms with Gasteiger partial charge in [-0.15, -0.1) is 0 Å². The summed E-state index contributed by atoms with van der Waals surface area (Å²) in [7, 11) is 4.20. The molecule has 0 spiro atoms. The van der Waals surface area contributed by atoms with Gasteiger partial charge >= 0.3 is 0 Å². The van der Waals surface area contributed by atoms with Crippen LogP contribution in [0.25, 0.3) is 0 Å². The highest BCUT2D eigenvalue weighted by Crippen LogP contribution is 2.33. The lowest BCUT2D eigenvalue weighted by molar-refractivity contribution is 0.373. The molecule has 0 atom stereocenters. The molecule has 0 aliphatic heterocycles. The predicted molar refractivity (Wildman–Crippen MR) is 77.9 cm³/mol. The van der Waals surface area contributed by atoms with Crippen LogP contribution in [0, 0.1) is 0 Å². The van der Waals surface area contributed by atoms with Crippen molar-refractivity contribution >= 4 is 22.6 Å². The van der Waals surface area contributed by atoms with Gasteiger partial charge in [0.15, 0.2) is 0 Å². The standard InChI is InChI=1S/C14H16IN/c1-16(2)14(15)10-8-13(9-11-14)12-6-4-3-5-7-12/h3-11,13H,1-2H3. The Morgan fingerprint density at radius 2 is 1.62 bits per heavy atom. The Labute approximate surface area is 111 Å².